The maximum absolute atomic E-state index is 12.1. The summed E-state index contributed by atoms with van der Waals surface area (Å²) < 4.78 is 32.4. The van der Waals surface area contributed by atoms with E-state index in [4.69, 9.17) is 24.0 Å². The molecule has 0 aromatic rings. The largest absolute Gasteiger partial charge is 0.474 e. The number of ether oxygens (including phenoxy) is 1. The van der Waals surface area contributed by atoms with Crippen LogP contribution in [0.25, 0.3) is 0 Å². The Morgan fingerprint density at radius 1 is 1.44 bits per heavy atom. The van der Waals surface area contributed by atoms with Crippen LogP contribution in [0.5, 0.6) is 0 Å². The molecule has 0 spiro atoms. The molecule has 10 nitrogen and oxygen atoms in total. The lowest BCUT2D eigenvalue weighted by molar-refractivity contribution is -0.115. The molecule has 0 radical (unpaired) electrons. The molecule has 25 heavy (non-hydrogen) atoms. The number of nitrogens with zero attached hydrogens (tertiary/aromatic N) is 1. The van der Waals surface area contributed by atoms with Crippen LogP contribution < -0.4 is 5.73 Å². The molecule has 4 N–H and O–H groups in total. The molecule has 0 bridgehead atoms. The van der Waals surface area contributed by atoms with Gasteiger partial charge in [0.1, 0.15) is 18.3 Å². The molecular weight excluding hydrogens is 355 g/mol. The lowest BCUT2D eigenvalue weighted by Crippen LogP contribution is -2.43. The van der Waals surface area contributed by atoms with Gasteiger partial charge < -0.3 is 25.6 Å². The first-order chi connectivity index (χ1) is 11.8. The van der Waals surface area contributed by atoms with Crippen LogP contribution in [-0.2, 0) is 27.7 Å². The van der Waals surface area contributed by atoms with E-state index < -0.39 is 38.3 Å². The number of primary amides is 1. The predicted molar refractivity (Wildman–Crippen MR) is 86.0 cm³/mol. The Morgan fingerprint density at radius 2 is 2.16 bits per heavy atom. The van der Waals surface area contributed by atoms with E-state index >= 15 is 0 Å². The molecule has 2 heterocycles. The molecule has 2 aliphatic rings. The van der Waals surface area contributed by atoms with E-state index in [-0.39, 0.29) is 19.8 Å². The number of phosphoric ester groups is 1. The summed E-state index contributed by atoms with van der Waals surface area (Å²) in [7, 11) is -2.57. The van der Waals surface area contributed by atoms with Crippen LogP contribution in [0, 0.1) is 0 Å². The number of rotatable bonds is 8. The quantitative estimate of drug-likeness (QED) is 0.476. The SMILES string of the molecule is CCOP(=O)(OC)OC[C@H]1O[C@@H](N2C=CC=C(C(N)=O)C2)[C@H](O)[C@@H]1O. The third-order valence-electron chi connectivity index (χ3n) is 3.82. The van der Waals surface area contributed by atoms with Gasteiger partial charge in [-0.2, -0.15) is 0 Å². The molecule has 1 saturated heterocycles. The maximum Gasteiger partial charge on any atom is 0.474 e. The molecule has 0 aliphatic carbocycles. The number of phosphoric acid groups is 1. The summed E-state index contributed by atoms with van der Waals surface area (Å²) >= 11 is 0. The predicted octanol–water partition coefficient (Wildman–Crippen LogP) is -0.518. The van der Waals surface area contributed by atoms with Crippen LogP contribution in [0.15, 0.2) is 23.9 Å². The van der Waals surface area contributed by atoms with E-state index in [1.54, 1.807) is 25.3 Å². The van der Waals surface area contributed by atoms with Crippen LogP contribution in [0.2, 0.25) is 0 Å². The van der Waals surface area contributed by atoms with Crippen molar-refractivity contribution < 1.29 is 37.9 Å². The molecule has 11 heteroatoms. The Bertz CT molecular complexity index is 595. The topological polar surface area (TPSA) is 141 Å². The van der Waals surface area contributed by atoms with Crippen molar-refractivity contribution in [2.45, 2.75) is 31.5 Å². The fourth-order valence-corrected chi connectivity index (χ4v) is 3.44. The van der Waals surface area contributed by atoms with E-state index in [1.807, 2.05) is 0 Å². The number of aliphatic hydroxyl groups excluding tert-OH is 2. The minimum absolute atomic E-state index is 0.116. The normalized spacial score (nSPS) is 31.7. The lowest BCUT2D eigenvalue weighted by Gasteiger charge is -2.31. The average Bonchev–Trinajstić information content (AvgIpc) is 2.88. The third kappa shape index (κ3) is 4.68. The number of hydrogen-bond donors (Lipinski definition) is 3. The first-order valence-corrected chi connectivity index (χ1v) is 9.16. The molecule has 1 fully saturated rings. The summed E-state index contributed by atoms with van der Waals surface area (Å²) in [6, 6.07) is 0. The third-order valence-corrected chi connectivity index (χ3v) is 5.30. The van der Waals surface area contributed by atoms with Crippen molar-refractivity contribution in [3.05, 3.63) is 23.9 Å². The summed E-state index contributed by atoms with van der Waals surface area (Å²) in [6.45, 7) is 1.56. The van der Waals surface area contributed by atoms with Gasteiger partial charge in [-0.1, -0.05) is 6.08 Å². The Labute approximate surface area is 145 Å². The first-order valence-electron chi connectivity index (χ1n) is 7.70. The second kappa shape index (κ2) is 8.41. The highest BCUT2D eigenvalue weighted by molar-refractivity contribution is 7.48. The van der Waals surface area contributed by atoms with Gasteiger partial charge in [-0.05, 0) is 13.0 Å². The van der Waals surface area contributed by atoms with Crippen molar-refractivity contribution in [2.24, 2.45) is 5.73 Å². The highest BCUT2D eigenvalue weighted by atomic mass is 31.2. The second-order valence-corrected chi connectivity index (χ2v) is 7.24. The Hall–Kier alpha value is -1.26. The highest BCUT2D eigenvalue weighted by Crippen LogP contribution is 2.48. The highest BCUT2D eigenvalue weighted by Gasteiger charge is 2.46. The van der Waals surface area contributed by atoms with Gasteiger partial charge in [-0.3, -0.25) is 18.4 Å². The van der Waals surface area contributed by atoms with Crippen molar-refractivity contribution in [3.63, 3.8) is 0 Å². The molecule has 1 amide bonds. The molecule has 0 saturated carbocycles. The van der Waals surface area contributed by atoms with Gasteiger partial charge in [-0.25, -0.2) is 4.57 Å². The number of nitrogens with two attached hydrogens (primary N) is 1. The molecule has 2 aliphatic heterocycles. The number of carbonyl (C=O) groups excluding carboxylic acids is 1. The number of allylic oxidation sites excluding steroid dienone is 2. The Balaban J connectivity index is 1.99. The fraction of sp³-hybridized carbons (Fsp3) is 0.643. The second-order valence-electron chi connectivity index (χ2n) is 5.46. The van der Waals surface area contributed by atoms with Gasteiger partial charge in [-0.15, -0.1) is 0 Å². The smallest absolute Gasteiger partial charge is 0.387 e. The van der Waals surface area contributed by atoms with E-state index in [0.29, 0.717) is 5.57 Å². The fourth-order valence-electron chi connectivity index (χ4n) is 2.51. The van der Waals surface area contributed by atoms with Crippen molar-refractivity contribution in [2.75, 3.05) is 26.9 Å². The van der Waals surface area contributed by atoms with E-state index in [2.05, 4.69) is 0 Å². The number of amides is 1. The molecule has 142 valence electrons. The number of carbonyl (C=O) groups is 1. The zero-order chi connectivity index (χ0) is 18.6. The monoisotopic (exact) mass is 378 g/mol. The maximum atomic E-state index is 12.1. The summed E-state index contributed by atoms with van der Waals surface area (Å²) in [4.78, 5) is 12.8. The molecule has 0 aromatic carbocycles. The standard InChI is InChI=1S/C14H23N2O8P/c1-3-22-25(20,21-2)23-8-10-11(17)12(18)14(24-10)16-6-4-5-9(7-16)13(15)19/h4-6,10-12,14,17-18H,3,7-8H2,1-2H3,(H2,15,19)/t10-,11-,12-,14-,25?/m1/s1. The van der Waals surface area contributed by atoms with Crippen LogP contribution in [0.4, 0.5) is 0 Å². The number of aliphatic hydroxyl groups is 2. The Morgan fingerprint density at radius 3 is 2.76 bits per heavy atom. The number of hydrogen-bond acceptors (Lipinski definition) is 9. The van der Waals surface area contributed by atoms with Crippen LogP contribution in [-0.4, -0.2) is 72.4 Å². The van der Waals surface area contributed by atoms with Gasteiger partial charge in [0.2, 0.25) is 5.91 Å². The van der Waals surface area contributed by atoms with Crippen LogP contribution in [0.1, 0.15) is 6.92 Å². The van der Waals surface area contributed by atoms with E-state index in [0.717, 1.165) is 0 Å². The zero-order valence-electron chi connectivity index (χ0n) is 14.0. The first kappa shape index (κ1) is 20.1. The zero-order valence-corrected chi connectivity index (χ0v) is 14.9. The minimum atomic E-state index is -3.74. The molecule has 0 aromatic heterocycles. The van der Waals surface area contributed by atoms with Crippen LogP contribution >= 0.6 is 7.82 Å². The van der Waals surface area contributed by atoms with Crippen molar-refractivity contribution >= 4 is 13.7 Å². The average molecular weight is 378 g/mol. The summed E-state index contributed by atoms with van der Waals surface area (Å²) in [5.41, 5.74) is 5.60. The molecular formula is C14H23N2O8P. The van der Waals surface area contributed by atoms with Gasteiger partial charge in [0, 0.05) is 18.9 Å². The van der Waals surface area contributed by atoms with Crippen molar-refractivity contribution in [3.8, 4) is 0 Å². The summed E-state index contributed by atoms with van der Waals surface area (Å²) in [5, 5.41) is 20.4. The van der Waals surface area contributed by atoms with Crippen LogP contribution in [0.3, 0.4) is 0 Å². The van der Waals surface area contributed by atoms with E-state index in [1.165, 1.54) is 12.0 Å². The van der Waals surface area contributed by atoms with Crippen molar-refractivity contribution in [1.29, 1.82) is 0 Å². The van der Waals surface area contributed by atoms with E-state index in [9.17, 15) is 19.6 Å². The lowest BCUT2D eigenvalue weighted by atomic mass is 10.1. The van der Waals surface area contributed by atoms with Gasteiger partial charge in [0.05, 0.1) is 19.8 Å². The molecule has 1 unspecified atom stereocenters. The van der Waals surface area contributed by atoms with Gasteiger partial charge >= 0.3 is 7.82 Å². The van der Waals surface area contributed by atoms with Gasteiger partial charge in [0.25, 0.3) is 0 Å². The Kier molecular flexibility index (Phi) is 6.75. The summed E-state index contributed by atoms with van der Waals surface area (Å²) in [6.07, 6.45) is 0.333. The van der Waals surface area contributed by atoms with Gasteiger partial charge in [0.15, 0.2) is 6.23 Å². The van der Waals surface area contributed by atoms with Crippen molar-refractivity contribution in [1.82, 2.24) is 4.90 Å². The minimum Gasteiger partial charge on any atom is -0.387 e. The summed E-state index contributed by atoms with van der Waals surface area (Å²) in [5.74, 6) is -0.583. The molecule has 5 atom stereocenters. The molecule has 2 rings (SSSR count).